The molecule has 0 spiro atoms. The van der Waals surface area contributed by atoms with E-state index in [4.69, 9.17) is 9.52 Å². The van der Waals surface area contributed by atoms with Crippen LogP contribution in [0.4, 0.5) is 0 Å². The van der Waals surface area contributed by atoms with Gasteiger partial charge in [-0.2, -0.15) is 0 Å². The molecule has 1 N–H and O–H groups in total. The quantitative estimate of drug-likeness (QED) is 0.576. The van der Waals surface area contributed by atoms with E-state index < -0.39 is 0 Å². The predicted octanol–water partition coefficient (Wildman–Crippen LogP) is 0.475. The van der Waals surface area contributed by atoms with Crippen LogP contribution < -0.4 is 0 Å². The highest BCUT2D eigenvalue weighted by atomic mass is 16.3. The lowest BCUT2D eigenvalue weighted by atomic mass is 10.5. The molecule has 0 aliphatic carbocycles. The van der Waals surface area contributed by atoms with Gasteiger partial charge in [0.25, 0.3) is 0 Å². The molecule has 0 aromatic carbocycles. The molecular formula is C5H7NO2. The second-order valence-corrected chi connectivity index (χ2v) is 1.52. The highest BCUT2D eigenvalue weighted by Gasteiger charge is 1.93. The number of aliphatic hydroxyl groups is 1. The summed E-state index contributed by atoms with van der Waals surface area (Å²) in [6.07, 6.45) is 1.44. The van der Waals surface area contributed by atoms with Gasteiger partial charge in [-0.1, -0.05) is 0 Å². The molecule has 0 unspecified atom stereocenters. The average Bonchev–Trinajstić information content (AvgIpc) is 2.14. The Balaban J connectivity index is 2.84. The Morgan fingerprint density at radius 1 is 1.88 bits per heavy atom. The second kappa shape index (κ2) is 1.96. The van der Waals surface area contributed by atoms with Crippen LogP contribution in [0.5, 0.6) is 0 Å². The third-order valence-electron chi connectivity index (χ3n) is 0.829. The first-order valence-corrected chi connectivity index (χ1v) is 2.35. The van der Waals surface area contributed by atoms with Crippen LogP contribution in [0.3, 0.4) is 0 Å². The van der Waals surface area contributed by atoms with Gasteiger partial charge < -0.3 is 9.52 Å². The average molecular weight is 113 g/mol. The lowest BCUT2D eigenvalue weighted by molar-refractivity contribution is 0.276. The molecule has 0 atom stereocenters. The van der Waals surface area contributed by atoms with Crippen molar-refractivity contribution in [2.75, 3.05) is 0 Å². The Morgan fingerprint density at radius 3 is 2.88 bits per heavy atom. The van der Waals surface area contributed by atoms with Gasteiger partial charge in [-0.25, -0.2) is 4.98 Å². The van der Waals surface area contributed by atoms with Crippen LogP contribution in [0.15, 0.2) is 10.7 Å². The Kier molecular flexibility index (Phi) is 1.30. The minimum absolute atomic E-state index is 0.0443. The molecule has 0 saturated carbocycles. The van der Waals surface area contributed by atoms with Crippen LogP contribution in [0, 0.1) is 6.92 Å². The number of hydrogen-bond acceptors (Lipinski definition) is 3. The molecule has 8 heavy (non-hydrogen) atoms. The molecule has 0 radical (unpaired) electrons. The first-order valence-electron chi connectivity index (χ1n) is 2.35. The minimum Gasteiger partial charge on any atom is -0.449 e. The van der Waals surface area contributed by atoms with Crippen molar-refractivity contribution in [1.29, 1.82) is 0 Å². The fourth-order valence-corrected chi connectivity index (χ4v) is 0.481. The second-order valence-electron chi connectivity index (χ2n) is 1.52. The maximum atomic E-state index is 8.43. The number of nitrogens with zero attached hydrogens (tertiary/aromatic N) is 1. The van der Waals surface area contributed by atoms with Crippen LogP contribution in [-0.4, -0.2) is 10.1 Å². The predicted molar refractivity (Wildman–Crippen MR) is 27.2 cm³/mol. The van der Waals surface area contributed by atoms with Gasteiger partial charge >= 0.3 is 0 Å². The van der Waals surface area contributed by atoms with Crippen molar-refractivity contribution in [3.63, 3.8) is 0 Å². The molecule has 0 bridgehead atoms. The summed E-state index contributed by atoms with van der Waals surface area (Å²) in [6, 6.07) is 0. The first kappa shape index (κ1) is 5.31. The van der Waals surface area contributed by atoms with Crippen LogP contribution in [-0.2, 0) is 6.61 Å². The molecule has 0 amide bonds. The monoisotopic (exact) mass is 113 g/mol. The van der Waals surface area contributed by atoms with Crippen LogP contribution in [0.1, 0.15) is 11.6 Å². The highest BCUT2D eigenvalue weighted by Crippen LogP contribution is 1.97. The number of aliphatic hydroxyl groups excluding tert-OH is 1. The summed E-state index contributed by atoms with van der Waals surface area (Å²) in [7, 11) is 0. The fourth-order valence-electron chi connectivity index (χ4n) is 0.481. The van der Waals surface area contributed by atoms with E-state index in [-0.39, 0.29) is 6.61 Å². The van der Waals surface area contributed by atoms with Crippen molar-refractivity contribution in [2.24, 2.45) is 0 Å². The molecule has 1 rings (SSSR count). The molecular weight excluding hydrogens is 106 g/mol. The number of aromatic nitrogens is 1. The SMILES string of the molecule is Cc1nc(CO)co1. The van der Waals surface area contributed by atoms with Gasteiger partial charge in [-0.3, -0.25) is 0 Å². The van der Waals surface area contributed by atoms with Crippen LogP contribution in [0.25, 0.3) is 0 Å². The number of rotatable bonds is 1. The van der Waals surface area contributed by atoms with Crippen molar-refractivity contribution in [1.82, 2.24) is 4.98 Å². The number of hydrogen-bond donors (Lipinski definition) is 1. The molecule has 44 valence electrons. The minimum atomic E-state index is -0.0443. The molecule has 0 saturated heterocycles. The van der Waals surface area contributed by atoms with Gasteiger partial charge in [-0.05, 0) is 0 Å². The third-order valence-corrected chi connectivity index (χ3v) is 0.829. The van der Waals surface area contributed by atoms with Crippen LogP contribution in [0.2, 0.25) is 0 Å². The number of oxazole rings is 1. The summed E-state index contributed by atoms with van der Waals surface area (Å²) in [6.45, 7) is 1.69. The van der Waals surface area contributed by atoms with E-state index in [0.717, 1.165) is 0 Å². The Labute approximate surface area is 47.0 Å². The van der Waals surface area contributed by atoms with Crippen molar-refractivity contribution < 1.29 is 9.52 Å². The molecule has 1 heterocycles. The zero-order valence-electron chi connectivity index (χ0n) is 4.59. The van der Waals surface area contributed by atoms with E-state index in [1.54, 1.807) is 6.92 Å². The van der Waals surface area contributed by atoms with Crippen molar-refractivity contribution >= 4 is 0 Å². The van der Waals surface area contributed by atoms with Crippen molar-refractivity contribution in [2.45, 2.75) is 13.5 Å². The van der Waals surface area contributed by atoms with E-state index in [0.29, 0.717) is 11.6 Å². The largest absolute Gasteiger partial charge is 0.449 e. The Morgan fingerprint density at radius 2 is 2.62 bits per heavy atom. The van der Waals surface area contributed by atoms with Gasteiger partial charge in [0, 0.05) is 6.92 Å². The topological polar surface area (TPSA) is 46.3 Å². The third kappa shape index (κ3) is 0.869. The van der Waals surface area contributed by atoms with E-state index in [1.807, 2.05) is 0 Å². The standard InChI is InChI=1S/C5H7NO2/c1-4-6-5(2-7)3-8-4/h3,7H,2H2,1H3. The maximum Gasteiger partial charge on any atom is 0.191 e. The molecule has 0 aliphatic rings. The molecule has 1 aromatic rings. The van der Waals surface area contributed by atoms with E-state index in [1.165, 1.54) is 6.26 Å². The zero-order valence-corrected chi connectivity index (χ0v) is 4.59. The summed E-state index contributed by atoms with van der Waals surface area (Å²) in [5.41, 5.74) is 0.586. The fraction of sp³-hybridized carbons (Fsp3) is 0.400. The molecule has 0 fully saturated rings. The van der Waals surface area contributed by atoms with E-state index >= 15 is 0 Å². The summed E-state index contributed by atoms with van der Waals surface area (Å²) >= 11 is 0. The summed E-state index contributed by atoms with van der Waals surface area (Å²) in [5.74, 6) is 0.592. The summed E-state index contributed by atoms with van der Waals surface area (Å²) in [4.78, 5) is 3.81. The van der Waals surface area contributed by atoms with Gasteiger partial charge in [0.05, 0.1) is 6.61 Å². The lowest BCUT2D eigenvalue weighted by Gasteiger charge is -1.76. The summed E-state index contributed by atoms with van der Waals surface area (Å²) < 4.78 is 4.78. The van der Waals surface area contributed by atoms with Crippen LogP contribution >= 0.6 is 0 Å². The normalized spacial score (nSPS) is 9.75. The Hall–Kier alpha value is -0.830. The van der Waals surface area contributed by atoms with Crippen molar-refractivity contribution in [3.05, 3.63) is 17.8 Å². The zero-order chi connectivity index (χ0) is 5.98. The van der Waals surface area contributed by atoms with E-state index in [2.05, 4.69) is 4.98 Å². The van der Waals surface area contributed by atoms with E-state index in [9.17, 15) is 0 Å². The van der Waals surface area contributed by atoms with Gasteiger partial charge in [0.15, 0.2) is 5.89 Å². The highest BCUT2D eigenvalue weighted by molar-refractivity contribution is 4.92. The first-order chi connectivity index (χ1) is 3.83. The van der Waals surface area contributed by atoms with Gasteiger partial charge in [0.1, 0.15) is 12.0 Å². The summed E-state index contributed by atoms with van der Waals surface area (Å²) in [5, 5.41) is 8.43. The smallest absolute Gasteiger partial charge is 0.191 e. The van der Waals surface area contributed by atoms with Gasteiger partial charge in [-0.15, -0.1) is 0 Å². The lowest BCUT2D eigenvalue weighted by Crippen LogP contribution is -1.80. The molecule has 3 heteroatoms. The van der Waals surface area contributed by atoms with Crippen molar-refractivity contribution in [3.8, 4) is 0 Å². The van der Waals surface area contributed by atoms with Gasteiger partial charge in [0.2, 0.25) is 0 Å². The maximum absolute atomic E-state index is 8.43. The molecule has 0 aliphatic heterocycles. The molecule has 3 nitrogen and oxygen atoms in total. The number of aryl methyl sites for hydroxylation is 1. The molecule has 1 aromatic heterocycles. The Bertz CT molecular complexity index is 171.